The summed E-state index contributed by atoms with van der Waals surface area (Å²) < 4.78 is 12.6. The van der Waals surface area contributed by atoms with Gasteiger partial charge in [0.15, 0.2) is 0 Å². The Balaban J connectivity index is 1.36. The van der Waals surface area contributed by atoms with Crippen LogP contribution in [0, 0.1) is 0 Å². The molecule has 0 unspecified atom stereocenters. The summed E-state index contributed by atoms with van der Waals surface area (Å²) in [4.78, 5) is 6.70. The summed E-state index contributed by atoms with van der Waals surface area (Å²) in [5.74, 6) is 1.40. The molecular weight excluding hydrogens is 458 g/mol. The van der Waals surface area contributed by atoms with E-state index in [4.69, 9.17) is 9.47 Å². The maximum atomic E-state index is 10.8. The minimum absolute atomic E-state index is 0.0475. The summed E-state index contributed by atoms with van der Waals surface area (Å²) in [5.41, 5.74) is 4.22. The molecule has 3 N–H and O–H groups in total. The van der Waals surface area contributed by atoms with Gasteiger partial charge in [-0.2, -0.15) is 0 Å². The number of aliphatic hydroxyl groups is 2. The van der Waals surface area contributed by atoms with Crippen LogP contribution in [-0.4, -0.2) is 76.3 Å². The maximum absolute atomic E-state index is 10.8. The lowest BCUT2D eigenvalue weighted by atomic mass is 9.87. The summed E-state index contributed by atoms with van der Waals surface area (Å²) in [6.45, 7) is 3.04. The number of aromatic nitrogens is 3. The Hall–Kier alpha value is -3.40. The molecule has 5 rings (SSSR count). The molecule has 2 aromatic heterocycles. The average molecular weight is 492 g/mol. The van der Waals surface area contributed by atoms with Crippen molar-refractivity contribution in [3.05, 3.63) is 65.7 Å². The Morgan fingerprint density at radius 1 is 1.14 bits per heavy atom. The minimum Gasteiger partial charge on any atom is -0.508 e. The molecule has 3 aromatic rings. The van der Waals surface area contributed by atoms with Crippen LogP contribution in [0.2, 0.25) is 0 Å². The zero-order valence-corrected chi connectivity index (χ0v) is 20.7. The smallest absolute Gasteiger partial charge is 0.245 e. The number of allylic oxidation sites excluding steroid dienone is 3. The normalized spacial score (nSPS) is 20.8. The topological polar surface area (TPSA) is 104 Å². The van der Waals surface area contributed by atoms with Gasteiger partial charge in [-0.05, 0) is 61.7 Å². The first-order valence-electron chi connectivity index (χ1n) is 12.4. The molecule has 190 valence electrons. The monoisotopic (exact) mass is 491 g/mol. The number of methoxy groups -OCH3 is 2. The van der Waals surface area contributed by atoms with Crippen molar-refractivity contribution in [1.29, 1.82) is 0 Å². The third kappa shape index (κ3) is 4.95. The van der Waals surface area contributed by atoms with E-state index in [-0.39, 0.29) is 11.7 Å². The van der Waals surface area contributed by atoms with Crippen molar-refractivity contribution in [2.75, 3.05) is 45.8 Å². The number of anilines is 2. The first kappa shape index (κ1) is 24.3. The van der Waals surface area contributed by atoms with Crippen molar-refractivity contribution in [3.63, 3.8) is 0 Å². The highest BCUT2D eigenvalue weighted by molar-refractivity contribution is 5.78. The van der Waals surface area contributed by atoms with Crippen LogP contribution in [0.1, 0.15) is 36.4 Å². The van der Waals surface area contributed by atoms with Gasteiger partial charge in [0, 0.05) is 31.7 Å². The SMILES string of the molecule is COCCN1CC[C@@H](c2ccc(Nc3ncc4ccc(C5=CCCC=C5O)n4n3)c(OC)c2)[C@@H](O)C1. The third-order valence-electron chi connectivity index (χ3n) is 6.98. The summed E-state index contributed by atoms with van der Waals surface area (Å²) in [6, 6.07) is 9.83. The van der Waals surface area contributed by atoms with Crippen LogP contribution < -0.4 is 10.1 Å². The quantitative estimate of drug-likeness (QED) is 0.436. The third-order valence-corrected chi connectivity index (χ3v) is 6.98. The van der Waals surface area contributed by atoms with Crippen molar-refractivity contribution < 1.29 is 19.7 Å². The highest BCUT2D eigenvalue weighted by Gasteiger charge is 2.29. The number of rotatable bonds is 8. The molecule has 1 fully saturated rings. The molecule has 36 heavy (non-hydrogen) atoms. The van der Waals surface area contributed by atoms with E-state index in [0.717, 1.165) is 60.4 Å². The van der Waals surface area contributed by atoms with Crippen molar-refractivity contribution in [3.8, 4) is 5.75 Å². The van der Waals surface area contributed by atoms with Crippen molar-refractivity contribution >= 4 is 22.7 Å². The number of likely N-dealkylation sites (tertiary alicyclic amines) is 1. The lowest BCUT2D eigenvalue weighted by Gasteiger charge is -2.36. The van der Waals surface area contributed by atoms with Crippen molar-refractivity contribution in [1.82, 2.24) is 19.5 Å². The van der Waals surface area contributed by atoms with E-state index >= 15 is 0 Å². The van der Waals surface area contributed by atoms with Gasteiger partial charge in [-0.25, -0.2) is 9.50 Å². The second-order valence-corrected chi connectivity index (χ2v) is 9.26. The summed E-state index contributed by atoms with van der Waals surface area (Å²) in [5, 5.41) is 29.1. The highest BCUT2D eigenvalue weighted by Crippen LogP contribution is 2.35. The van der Waals surface area contributed by atoms with E-state index in [1.165, 1.54) is 0 Å². The number of benzene rings is 1. The number of piperidine rings is 1. The largest absolute Gasteiger partial charge is 0.508 e. The summed E-state index contributed by atoms with van der Waals surface area (Å²) in [7, 11) is 3.33. The van der Waals surface area contributed by atoms with Gasteiger partial charge in [-0.1, -0.05) is 12.1 Å². The van der Waals surface area contributed by atoms with E-state index in [9.17, 15) is 10.2 Å². The van der Waals surface area contributed by atoms with Crippen LogP contribution in [0.5, 0.6) is 5.75 Å². The molecule has 0 radical (unpaired) electrons. The molecule has 0 bridgehead atoms. The fraction of sp³-hybridized carbons (Fsp3) is 0.407. The van der Waals surface area contributed by atoms with Gasteiger partial charge in [-0.3, -0.25) is 4.90 Å². The fourth-order valence-corrected chi connectivity index (χ4v) is 5.03. The van der Waals surface area contributed by atoms with Crippen LogP contribution >= 0.6 is 0 Å². The van der Waals surface area contributed by atoms with Gasteiger partial charge in [0.2, 0.25) is 5.95 Å². The van der Waals surface area contributed by atoms with Crippen molar-refractivity contribution in [2.45, 2.75) is 31.3 Å². The van der Waals surface area contributed by atoms with E-state index in [2.05, 4.69) is 20.3 Å². The molecule has 2 aliphatic rings. The van der Waals surface area contributed by atoms with Gasteiger partial charge in [0.1, 0.15) is 11.5 Å². The molecule has 1 aliphatic heterocycles. The zero-order chi connectivity index (χ0) is 25.1. The molecule has 0 spiro atoms. The first-order chi connectivity index (χ1) is 17.6. The molecule has 0 amide bonds. The minimum atomic E-state index is -0.448. The molecule has 2 atom stereocenters. The highest BCUT2D eigenvalue weighted by atomic mass is 16.5. The number of nitrogens with zero attached hydrogens (tertiary/aromatic N) is 4. The van der Waals surface area contributed by atoms with Crippen LogP contribution in [0.15, 0.2) is 54.4 Å². The molecule has 9 heteroatoms. The van der Waals surface area contributed by atoms with Gasteiger partial charge in [0.25, 0.3) is 0 Å². The number of β-amino-alcohol motifs (C(OH)–C–C–N with tert-alkyl or cyclic N) is 1. The average Bonchev–Trinajstić information content (AvgIpc) is 3.31. The molecule has 9 nitrogen and oxygen atoms in total. The van der Waals surface area contributed by atoms with E-state index in [1.54, 1.807) is 24.9 Å². The van der Waals surface area contributed by atoms with Crippen LogP contribution in [0.4, 0.5) is 11.6 Å². The Kier molecular flexibility index (Phi) is 7.22. The molecule has 1 saturated heterocycles. The number of hydrogen-bond acceptors (Lipinski definition) is 8. The predicted octanol–water partition coefficient (Wildman–Crippen LogP) is 3.90. The number of ether oxygens (including phenoxy) is 2. The van der Waals surface area contributed by atoms with Crippen LogP contribution in [-0.2, 0) is 4.74 Å². The predicted molar refractivity (Wildman–Crippen MR) is 139 cm³/mol. The van der Waals surface area contributed by atoms with Crippen LogP contribution in [0.25, 0.3) is 11.1 Å². The molecule has 1 aliphatic carbocycles. The summed E-state index contributed by atoms with van der Waals surface area (Å²) in [6.07, 6.45) is 7.75. The first-order valence-corrected chi connectivity index (χ1v) is 12.4. The second kappa shape index (κ2) is 10.7. The van der Waals surface area contributed by atoms with Gasteiger partial charge in [0.05, 0.1) is 42.9 Å². The standard InChI is InChI=1S/C27H33N5O4/c1-35-14-13-31-12-11-20(25(34)17-31)18-7-9-22(26(15-18)36-2)29-27-28-16-19-8-10-23(32(19)30-27)21-5-3-4-6-24(21)33/h5-10,15-16,20,25,33-34H,3-4,11-14,17H2,1-2H3,(H,29,30)/t20-,25-/m0/s1. The Morgan fingerprint density at radius 3 is 2.78 bits per heavy atom. The molecule has 0 saturated carbocycles. The van der Waals surface area contributed by atoms with E-state index in [1.807, 2.05) is 42.5 Å². The van der Waals surface area contributed by atoms with Crippen LogP contribution in [0.3, 0.4) is 0 Å². The number of aliphatic hydroxyl groups excluding tert-OH is 2. The Bertz CT molecular complexity index is 1280. The Morgan fingerprint density at radius 2 is 2.00 bits per heavy atom. The lowest BCUT2D eigenvalue weighted by molar-refractivity contribution is 0.0384. The molecular formula is C27H33N5O4. The van der Waals surface area contributed by atoms with Gasteiger partial charge in [-0.15, -0.1) is 5.10 Å². The molecule has 3 heterocycles. The second-order valence-electron chi connectivity index (χ2n) is 9.26. The van der Waals surface area contributed by atoms with E-state index in [0.29, 0.717) is 24.8 Å². The fourth-order valence-electron chi connectivity index (χ4n) is 5.03. The molecule has 1 aromatic carbocycles. The number of fused-ring (bicyclic) bond motifs is 1. The summed E-state index contributed by atoms with van der Waals surface area (Å²) >= 11 is 0. The lowest BCUT2D eigenvalue weighted by Crippen LogP contribution is -2.43. The van der Waals surface area contributed by atoms with E-state index < -0.39 is 6.10 Å². The number of nitrogens with one attached hydrogen (secondary N) is 1. The number of hydrogen-bond donors (Lipinski definition) is 3. The van der Waals surface area contributed by atoms with Gasteiger partial charge < -0.3 is 25.0 Å². The van der Waals surface area contributed by atoms with Crippen molar-refractivity contribution in [2.24, 2.45) is 0 Å². The van der Waals surface area contributed by atoms with Gasteiger partial charge >= 0.3 is 0 Å². The maximum Gasteiger partial charge on any atom is 0.245 e. The Labute approximate surface area is 210 Å². The zero-order valence-electron chi connectivity index (χ0n) is 20.7.